The average molecular weight is 261 g/mol. The second-order valence-corrected chi connectivity index (χ2v) is 6.02. The van der Waals surface area contributed by atoms with Gasteiger partial charge in [-0.15, -0.1) is 0 Å². The molecule has 0 bridgehead atoms. The highest BCUT2D eigenvalue weighted by Crippen LogP contribution is 2.22. The van der Waals surface area contributed by atoms with E-state index in [4.69, 9.17) is 5.73 Å². The van der Waals surface area contributed by atoms with Gasteiger partial charge in [-0.3, -0.25) is 0 Å². The zero-order chi connectivity index (χ0) is 13.2. The van der Waals surface area contributed by atoms with Gasteiger partial charge in [-0.2, -0.15) is 0 Å². The smallest absolute Gasteiger partial charge is 0.206 e. The summed E-state index contributed by atoms with van der Waals surface area (Å²) in [5, 5.41) is 0. The standard InChI is InChI=1S/C14H15NO2S/c1-2-11-6-8-13(9-7-11)18(16,17)14-5-3-4-12(15)10-14/h3-10H,2,15H2,1H3. The number of nitrogen functional groups attached to an aromatic ring is 1. The predicted octanol–water partition coefficient (Wildman–Crippen LogP) is 2.66. The Morgan fingerprint density at radius 3 is 2.22 bits per heavy atom. The van der Waals surface area contributed by atoms with E-state index in [0.29, 0.717) is 10.6 Å². The van der Waals surface area contributed by atoms with Gasteiger partial charge in [0.1, 0.15) is 0 Å². The lowest BCUT2D eigenvalue weighted by atomic mass is 10.2. The van der Waals surface area contributed by atoms with Crippen LogP contribution < -0.4 is 5.73 Å². The molecule has 0 heterocycles. The first-order valence-corrected chi connectivity index (χ1v) is 7.22. The highest BCUT2D eigenvalue weighted by Gasteiger charge is 2.17. The third-order valence-corrected chi connectivity index (χ3v) is 4.58. The molecule has 2 N–H and O–H groups in total. The molecule has 3 nitrogen and oxygen atoms in total. The number of anilines is 1. The molecular weight excluding hydrogens is 246 g/mol. The van der Waals surface area contributed by atoms with Crippen LogP contribution >= 0.6 is 0 Å². The minimum absolute atomic E-state index is 0.228. The summed E-state index contributed by atoms with van der Waals surface area (Å²) in [4.78, 5) is 0.525. The minimum Gasteiger partial charge on any atom is -0.399 e. The molecule has 0 aliphatic heterocycles. The van der Waals surface area contributed by atoms with E-state index in [1.807, 2.05) is 19.1 Å². The van der Waals surface area contributed by atoms with Crippen LogP contribution in [0.5, 0.6) is 0 Å². The van der Waals surface area contributed by atoms with Gasteiger partial charge < -0.3 is 5.73 Å². The van der Waals surface area contributed by atoms with Crippen LogP contribution in [0.4, 0.5) is 5.69 Å². The van der Waals surface area contributed by atoms with Gasteiger partial charge in [-0.1, -0.05) is 25.1 Å². The molecule has 0 aromatic heterocycles. The molecule has 0 amide bonds. The normalized spacial score (nSPS) is 11.4. The summed E-state index contributed by atoms with van der Waals surface area (Å²) in [5.74, 6) is 0. The van der Waals surface area contributed by atoms with Crippen LogP contribution in [0.15, 0.2) is 58.3 Å². The number of rotatable bonds is 3. The van der Waals surface area contributed by atoms with Gasteiger partial charge in [0.15, 0.2) is 0 Å². The number of aryl methyl sites for hydroxylation is 1. The number of sulfone groups is 1. The van der Waals surface area contributed by atoms with E-state index in [1.54, 1.807) is 30.3 Å². The maximum Gasteiger partial charge on any atom is 0.206 e. The van der Waals surface area contributed by atoms with Crippen LogP contribution in [-0.4, -0.2) is 8.42 Å². The minimum atomic E-state index is -3.47. The summed E-state index contributed by atoms with van der Waals surface area (Å²) in [7, 11) is -3.47. The van der Waals surface area contributed by atoms with Crippen molar-refractivity contribution in [1.29, 1.82) is 0 Å². The molecule has 0 atom stereocenters. The fourth-order valence-corrected chi connectivity index (χ4v) is 3.04. The molecule has 0 spiro atoms. The van der Waals surface area contributed by atoms with Gasteiger partial charge >= 0.3 is 0 Å². The van der Waals surface area contributed by atoms with E-state index in [9.17, 15) is 8.42 Å². The van der Waals surface area contributed by atoms with Gasteiger partial charge in [0.25, 0.3) is 0 Å². The molecule has 0 saturated carbocycles. The van der Waals surface area contributed by atoms with Crippen molar-refractivity contribution in [2.24, 2.45) is 0 Å². The van der Waals surface area contributed by atoms with Gasteiger partial charge in [-0.05, 0) is 42.3 Å². The quantitative estimate of drug-likeness (QED) is 0.864. The largest absolute Gasteiger partial charge is 0.399 e. The highest BCUT2D eigenvalue weighted by atomic mass is 32.2. The lowest BCUT2D eigenvalue weighted by Gasteiger charge is -2.06. The average Bonchev–Trinajstić information content (AvgIpc) is 2.39. The first-order chi connectivity index (χ1) is 8.54. The van der Waals surface area contributed by atoms with E-state index in [0.717, 1.165) is 12.0 Å². The summed E-state index contributed by atoms with van der Waals surface area (Å²) in [5.41, 5.74) is 7.17. The maximum atomic E-state index is 12.3. The van der Waals surface area contributed by atoms with E-state index in [2.05, 4.69) is 0 Å². The number of benzene rings is 2. The van der Waals surface area contributed by atoms with Crippen LogP contribution in [0.1, 0.15) is 12.5 Å². The Bertz CT molecular complexity index is 646. The number of nitrogens with two attached hydrogens (primary N) is 1. The van der Waals surface area contributed by atoms with E-state index in [-0.39, 0.29) is 4.90 Å². The van der Waals surface area contributed by atoms with Gasteiger partial charge in [0, 0.05) is 5.69 Å². The second-order valence-electron chi connectivity index (χ2n) is 4.07. The van der Waals surface area contributed by atoms with Crippen molar-refractivity contribution in [2.45, 2.75) is 23.1 Å². The van der Waals surface area contributed by atoms with Crippen LogP contribution in [0, 0.1) is 0 Å². The molecule has 0 radical (unpaired) electrons. The van der Waals surface area contributed by atoms with Crippen molar-refractivity contribution in [3.8, 4) is 0 Å². The SMILES string of the molecule is CCc1ccc(S(=O)(=O)c2cccc(N)c2)cc1. The van der Waals surface area contributed by atoms with Crippen LogP contribution in [-0.2, 0) is 16.3 Å². The summed E-state index contributed by atoms with van der Waals surface area (Å²) >= 11 is 0. The van der Waals surface area contributed by atoms with Crippen molar-refractivity contribution in [3.05, 3.63) is 54.1 Å². The lowest BCUT2D eigenvalue weighted by molar-refractivity contribution is 0.596. The van der Waals surface area contributed by atoms with Gasteiger partial charge in [-0.25, -0.2) is 8.42 Å². The Morgan fingerprint density at radius 2 is 1.67 bits per heavy atom. The molecular formula is C14H15NO2S. The Balaban J connectivity index is 2.47. The first kappa shape index (κ1) is 12.6. The fourth-order valence-electron chi connectivity index (χ4n) is 1.72. The fraction of sp³-hybridized carbons (Fsp3) is 0.143. The molecule has 2 rings (SSSR count). The zero-order valence-electron chi connectivity index (χ0n) is 10.1. The molecule has 18 heavy (non-hydrogen) atoms. The van der Waals surface area contributed by atoms with Crippen LogP contribution in [0.2, 0.25) is 0 Å². The molecule has 0 aliphatic carbocycles. The maximum absolute atomic E-state index is 12.3. The second kappa shape index (κ2) is 4.82. The van der Waals surface area contributed by atoms with Crippen LogP contribution in [0.25, 0.3) is 0 Å². The predicted molar refractivity (Wildman–Crippen MR) is 72.1 cm³/mol. The molecule has 0 unspecified atom stereocenters. The van der Waals surface area contributed by atoms with E-state index < -0.39 is 9.84 Å². The topological polar surface area (TPSA) is 60.2 Å². The third-order valence-electron chi connectivity index (χ3n) is 2.81. The van der Waals surface area contributed by atoms with E-state index >= 15 is 0 Å². The van der Waals surface area contributed by atoms with Gasteiger partial charge in [0.05, 0.1) is 9.79 Å². The molecule has 0 saturated heterocycles. The zero-order valence-corrected chi connectivity index (χ0v) is 10.9. The summed E-state index contributed by atoms with van der Waals surface area (Å²) < 4.78 is 24.7. The Morgan fingerprint density at radius 1 is 1.00 bits per heavy atom. The molecule has 2 aromatic rings. The molecule has 0 aliphatic rings. The summed E-state index contributed by atoms with van der Waals surface area (Å²) in [6, 6.07) is 13.3. The Kier molecular flexibility index (Phi) is 3.39. The van der Waals surface area contributed by atoms with Crippen molar-refractivity contribution in [3.63, 3.8) is 0 Å². The molecule has 4 heteroatoms. The summed E-state index contributed by atoms with van der Waals surface area (Å²) in [6.45, 7) is 2.03. The van der Waals surface area contributed by atoms with Gasteiger partial charge in [0.2, 0.25) is 9.84 Å². The highest BCUT2D eigenvalue weighted by molar-refractivity contribution is 7.91. The van der Waals surface area contributed by atoms with Crippen LogP contribution in [0.3, 0.4) is 0 Å². The van der Waals surface area contributed by atoms with Crippen molar-refractivity contribution < 1.29 is 8.42 Å². The third kappa shape index (κ3) is 2.38. The number of hydrogen-bond acceptors (Lipinski definition) is 3. The Labute approximate surface area is 107 Å². The van der Waals surface area contributed by atoms with E-state index in [1.165, 1.54) is 6.07 Å². The first-order valence-electron chi connectivity index (χ1n) is 5.73. The van der Waals surface area contributed by atoms with Crippen molar-refractivity contribution >= 4 is 15.5 Å². The summed E-state index contributed by atoms with van der Waals surface area (Å²) in [6.07, 6.45) is 0.888. The van der Waals surface area contributed by atoms with Crippen molar-refractivity contribution in [2.75, 3.05) is 5.73 Å². The Hall–Kier alpha value is -1.81. The lowest BCUT2D eigenvalue weighted by Crippen LogP contribution is -2.02. The molecule has 2 aromatic carbocycles. The molecule has 94 valence electrons. The van der Waals surface area contributed by atoms with Crippen molar-refractivity contribution in [1.82, 2.24) is 0 Å². The molecule has 0 fully saturated rings. The monoisotopic (exact) mass is 261 g/mol. The number of hydrogen-bond donors (Lipinski definition) is 1.